The molecule has 0 aromatic rings. The highest BCUT2D eigenvalue weighted by Gasteiger charge is 2.65. The summed E-state index contributed by atoms with van der Waals surface area (Å²) in [5.41, 5.74) is 2.43. The van der Waals surface area contributed by atoms with Crippen molar-refractivity contribution in [3.63, 3.8) is 0 Å². The molecule has 180 valence electrons. The van der Waals surface area contributed by atoms with E-state index in [9.17, 15) is 9.59 Å². The van der Waals surface area contributed by atoms with Crippen LogP contribution >= 0.6 is 0 Å². The Kier molecular flexibility index (Phi) is 5.91. The summed E-state index contributed by atoms with van der Waals surface area (Å²) in [5, 5.41) is 0. The predicted octanol–water partition coefficient (Wildman–Crippen LogP) is 7.80. The molecule has 4 aliphatic rings. The molecule has 0 aliphatic heterocycles. The van der Waals surface area contributed by atoms with Crippen LogP contribution in [0.3, 0.4) is 0 Å². The highest BCUT2D eigenvalue weighted by molar-refractivity contribution is 5.85. The summed E-state index contributed by atoms with van der Waals surface area (Å²) in [6.07, 6.45) is 12.5. The van der Waals surface area contributed by atoms with Gasteiger partial charge < -0.3 is 0 Å². The van der Waals surface area contributed by atoms with Crippen molar-refractivity contribution in [1.29, 1.82) is 0 Å². The topological polar surface area (TPSA) is 34.1 Å². The van der Waals surface area contributed by atoms with Crippen molar-refractivity contribution in [2.45, 2.75) is 113 Å². The maximum absolute atomic E-state index is 12.8. The van der Waals surface area contributed by atoms with E-state index in [4.69, 9.17) is 0 Å². The van der Waals surface area contributed by atoms with E-state index in [0.29, 0.717) is 40.7 Å². The molecule has 3 fully saturated rings. The monoisotopic (exact) mass is 440 g/mol. The van der Waals surface area contributed by atoms with Crippen LogP contribution in [0.25, 0.3) is 0 Å². The van der Waals surface area contributed by atoms with Crippen LogP contribution in [0.5, 0.6) is 0 Å². The van der Waals surface area contributed by atoms with E-state index in [1.54, 1.807) is 5.57 Å². The molecule has 0 aromatic carbocycles. The molecule has 3 saturated carbocycles. The highest BCUT2D eigenvalue weighted by Crippen LogP contribution is 2.73. The van der Waals surface area contributed by atoms with Gasteiger partial charge in [0.15, 0.2) is 0 Å². The molecule has 4 aliphatic carbocycles. The number of hydrogen-bond acceptors (Lipinski definition) is 2. The Hall–Kier alpha value is -0.920. The first kappa shape index (κ1) is 24.2. The van der Waals surface area contributed by atoms with Crippen LogP contribution in [0.2, 0.25) is 0 Å². The Labute approximate surface area is 197 Å². The molecule has 0 heterocycles. The van der Waals surface area contributed by atoms with Gasteiger partial charge in [0.2, 0.25) is 0 Å². The fourth-order valence-corrected chi connectivity index (χ4v) is 9.33. The van der Waals surface area contributed by atoms with Gasteiger partial charge in [0, 0.05) is 24.2 Å². The fourth-order valence-electron chi connectivity index (χ4n) is 9.33. The van der Waals surface area contributed by atoms with Crippen molar-refractivity contribution in [1.82, 2.24) is 0 Å². The van der Waals surface area contributed by atoms with Gasteiger partial charge in [0.1, 0.15) is 11.6 Å². The molecule has 0 saturated heterocycles. The Morgan fingerprint density at radius 1 is 1.03 bits per heavy atom. The molecular formula is C30H48O2. The molecule has 0 amide bonds. The lowest BCUT2D eigenvalue weighted by Crippen LogP contribution is -2.57. The average molecular weight is 441 g/mol. The van der Waals surface area contributed by atoms with E-state index in [-0.39, 0.29) is 22.2 Å². The minimum Gasteiger partial charge on any atom is -0.299 e. The fraction of sp³-hybridized carbons (Fsp3) is 0.867. The molecule has 0 N–H and O–H groups in total. The van der Waals surface area contributed by atoms with Crippen molar-refractivity contribution in [2.24, 2.45) is 51.2 Å². The summed E-state index contributed by atoms with van der Waals surface area (Å²) in [4.78, 5) is 25.1. The minimum absolute atomic E-state index is 0.162. The summed E-state index contributed by atoms with van der Waals surface area (Å²) in [7, 11) is 0. The number of allylic oxidation sites excluding steroid dienone is 2. The van der Waals surface area contributed by atoms with Crippen LogP contribution in [0.15, 0.2) is 11.6 Å². The van der Waals surface area contributed by atoms with Gasteiger partial charge in [-0.15, -0.1) is 0 Å². The van der Waals surface area contributed by atoms with Crippen LogP contribution < -0.4 is 0 Å². The third-order valence-electron chi connectivity index (χ3n) is 11.8. The summed E-state index contributed by atoms with van der Waals surface area (Å²) in [5.74, 6) is 3.52. The maximum Gasteiger partial charge on any atom is 0.138 e. The molecule has 0 spiro atoms. The van der Waals surface area contributed by atoms with Crippen molar-refractivity contribution < 1.29 is 9.59 Å². The van der Waals surface area contributed by atoms with Gasteiger partial charge in [-0.2, -0.15) is 0 Å². The van der Waals surface area contributed by atoms with Crippen molar-refractivity contribution in [2.75, 3.05) is 0 Å². The van der Waals surface area contributed by atoms with Gasteiger partial charge in [-0.1, -0.05) is 67.0 Å². The normalized spacial score (nSPS) is 43.8. The quantitative estimate of drug-likeness (QED) is 0.409. The van der Waals surface area contributed by atoms with Crippen molar-refractivity contribution in [3.8, 4) is 0 Å². The molecule has 2 nitrogen and oxygen atoms in total. The molecule has 4 rings (SSSR count). The molecule has 0 bridgehead atoms. The molecule has 2 heteroatoms. The first-order valence-electron chi connectivity index (χ1n) is 13.6. The Balaban J connectivity index is 1.61. The summed E-state index contributed by atoms with van der Waals surface area (Å²) in [6, 6.07) is 0. The second-order valence-corrected chi connectivity index (χ2v) is 13.7. The van der Waals surface area contributed by atoms with Gasteiger partial charge in [-0.05, 0) is 84.9 Å². The molecule has 0 aromatic heterocycles. The number of carbonyl (C=O) groups excluding carboxylic acids is 2. The van der Waals surface area contributed by atoms with E-state index in [1.165, 1.54) is 25.7 Å². The number of Topliss-reactive ketones (excluding diaryl/α,β-unsaturated/α-hetero) is 2. The first-order chi connectivity index (χ1) is 14.8. The Morgan fingerprint density at radius 2 is 1.72 bits per heavy atom. The average Bonchev–Trinajstić information content (AvgIpc) is 3.00. The predicted molar refractivity (Wildman–Crippen MR) is 132 cm³/mol. The van der Waals surface area contributed by atoms with Gasteiger partial charge in [-0.3, -0.25) is 9.59 Å². The number of carbonyl (C=O) groups is 2. The summed E-state index contributed by atoms with van der Waals surface area (Å²) in [6.45, 7) is 18.6. The van der Waals surface area contributed by atoms with Crippen molar-refractivity contribution >= 4 is 11.6 Å². The van der Waals surface area contributed by atoms with E-state index in [2.05, 4.69) is 47.6 Å². The first-order valence-corrected chi connectivity index (χ1v) is 13.6. The van der Waals surface area contributed by atoms with Crippen LogP contribution in [0.1, 0.15) is 113 Å². The van der Waals surface area contributed by atoms with E-state index in [1.807, 2.05) is 13.8 Å². The second-order valence-electron chi connectivity index (χ2n) is 13.7. The molecule has 0 radical (unpaired) electrons. The van der Waals surface area contributed by atoms with Crippen LogP contribution in [0, 0.1) is 51.2 Å². The number of ketones is 2. The van der Waals surface area contributed by atoms with Gasteiger partial charge >= 0.3 is 0 Å². The Bertz CT molecular complexity index is 819. The zero-order chi connectivity index (χ0) is 23.7. The molecular weight excluding hydrogens is 392 g/mol. The van der Waals surface area contributed by atoms with Crippen molar-refractivity contribution in [3.05, 3.63) is 11.6 Å². The highest BCUT2D eigenvalue weighted by atomic mass is 16.1. The summed E-state index contributed by atoms with van der Waals surface area (Å²) >= 11 is 0. The van der Waals surface area contributed by atoms with E-state index < -0.39 is 0 Å². The maximum atomic E-state index is 12.8. The largest absolute Gasteiger partial charge is 0.299 e. The van der Waals surface area contributed by atoms with E-state index in [0.717, 1.165) is 32.1 Å². The summed E-state index contributed by atoms with van der Waals surface area (Å²) < 4.78 is 0. The smallest absolute Gasteiger partial charge is 0.138 e. The van der Waals surface area contributed by atoms with Gasteiger partial charge in [0.05, 0.1) is 0 Å². The SMILES string of the molecule is CC(C)C(=O)CCC(C)C1CCC2(C)C3=CCC4C(C)(C)C(=O)CCC4(C)C3CCC12C. The lowest BCUT2D eigenvalue weighted by atomic mass is 9.41. The standard InChI is InChI=1S/C30H48O2/c1-19(2)24(31)11-9-20(3)21-13-17-30(8)23-10-12-25-27(4,5)26(32)15-16-28(25,6)22(23)14-18-29(21,30)7/h10,19-22,25H,9,11-18H2,1-8H3. The molecule has 7 unspecified atom stereocenters. The van der Waals surface area contributed by atoms with Crippen LogP contribution in [-0.4, -0.2) is 11.6 Å². The van der Waals surface area contributed by atoms with Gasteiger partial charge in [-0.25, -0.2) is 0 Å². The lowest BCUT2D eigenvalue weighted by Gasteiger charge is -2.63. The van der Waals surface area contributed by atoms with Crippen LogP contribution in [-0.2, 0) is 9.59 Å². The third kappa shape index (κ3) is 3.24. The Morgan fingerprint density at radius 3 is 2.38 bits per heavy atom. The number of hydrogen-bond donors (Lipinski definition) is 0. The zero-order valence-corrected chi connectivity index (χ0v) is 22.1. The van der Waals surface area contributed by atoms with Crippen LogP contribution in [0.4, 0.5) is 0 Å². The third-order valence-corrected chi connectivity index (χ3v) is 11.8. The molecule has 7 atom stereocenters. The second kappa shape index (κ2) is 7.81. The molecule has 32 heavy (non-hydrogen) atoms. The number of rotatable bonds is 5. The van der Waals surface area contributed by atoms with Gasteiger partial charge in [0.25, 0.3) is 0 Å². The number of fused-ring (bicyclic) bond motifs is 5. The lowest BCUT2D eigenvalue weighted by molar-refractivity contribution is -0.146. The minimum atomic E-state index is -0.188. The zero-order valence-electron chi connectivity index (χ0n) is 22.1. The van der Waals surface area contributed by atoms with E-state index >= 15 is 0 Å².